The molecule has 0 saturated carbocycles. The minimum absolute atomic E-state index is 0.109. The Balaban J connectivity index is 2.00. The van der Waals surface area contributed by atoms with E-state index in [9.17, 15) is 10.1 Å². The first-order chi connectivity index (χ1) is 11.6. The van der Waals surface area contributed by atoms with Crippen LogP contribution < -0.4 is 5.32 Å². The number of para-hydroxylation sites is 1. The quantitative estimate of drug-likeness (QED) is 0.404. The molecule has 0 aliphatic rings. The summed E-state index contributed by atoms with van der Waals surface area (Å²) in [5.74, 6) is 0. The largest absolute Gasteiger partial charge is 0.375 e. The summed E-state index contributed by atoms with van der Waals surface area (Å²) in [7, 11) is 0. The number of aryl methyl sites for hydroxylation is 1. The van der Waals surface area contributed by atoms with Gasteiger partial charge < -0.3 is 5.32 Å². The molecular formula is C18H16ClN3O2. The second-order valence-corrected chi connectivity index (χ2v) is 5.78. The van der Waals surface area contributed by atoms with Gasteiger partial charge in [-0.25, -0.2) is 4.98 Å². The third kappa shape index (κ3) is 3.16. The summed E-state index contributed by atoms with van der Waals surface area (Å²) in [6.45, 7) is 2.57. The summed E-state index contributed by atoms with van der Waals surface area (Å²) in [6, 6.07) is 15.4. The van der Waals surface area contributed by atoms with Crippen LogP contribution in [0.4, 0.5) is 11.4 Å². The monoisotopic (exact) mass is 341 g/mol. The van der Waals surface area contributed by atoms with Crippen LogP contribution in [0.25, 0.3) is 10.9 Å². The van der Waals surface area contributed by atoms with Gasteiger partial charge in [0.1, 0.15) is 5.69 Å². The fourth-order valence-corrected chi connectivity index (χ4v) is 2.86. The van der Waals surface area contributed by atoms with Gasteiger partial charge in [-0.3, -0.25) is 10.1 Å². The molecule has 5 nitrogen and oxygen atoms in total. The number of hydrogen-bond donors (Lipinski definition) is 1. The molecule has 0 unspecified atom stereocenters. The van der Waals surface area contributed by atoms with Crippen LogP contribution in [0.5, 0.6) is 0 Å². The highest BCUT2D eigenvalue weighted by Gasteiger charge is 2.23. The Morgan fingerprint density at radius 3 is 2.46 bits per heavy atom. The van der Waals surface area contributed by atoms with E-state index in [0.29, 0.717) is 23.1 Å². The van der Waals surface area contributed by atoms with Crippen LogP contribution in [-0.4, -0.2) is 9.91 Å². The maximum atomic E-state index is 11.4. The van der Waals surface area contributed by atoms with Crippen molar-refractivity contribution in [3.05, 3.63) is 74.9 Å². The van der Waals surface area contributed by atoms with E-state index in [2.05, 4.69) is 29.4 Å². The fraction of sp³-hybridized carbons (Fsp3) is 0.167. The Labute approximate surface area is 144 Å². The SMILES string of the molecule is CCc1ccc(CNc2c([N+](=O)[O-])c(Cl)nc3ccccc23)cc1. The van der Waals surface area contributed by atoms with E-state index in [0.717, 1.165) is 12.0 Å². The average molecular weight is 342 g/mol. The highest BCUT2D eigenvalue weighted by molar-refractivity contribution is 6.33. The zero-order valence-corrected chi connectivity index (χ0v) is 13.9. The number of halogens is 1. The number of hydrogen-bond acceptors (Lipinski definition) is 4. The molecule has 0 fully saturated rings. The van der Waals surface area contributed by atoms with Crippen molar-refractivity contribution in [1.82, 2.24) is 4.98 Å². The summed E-state index contributed by atoms with van der Waals surface area (Å²) in [5, 5.41) is 15.2. The Bertz CT molecular complexity index is 895. The number of aromatic nitrogens is 1. The average Bonchev–Trinajstić information content (AvgIpc) is 2.59. The van der Waals surface area contributed by atoms with Crippen molar-refractivity contribution >= 4 is 33.9 Å². The first-order valence-corrected chi connectivity index (χ1v) is 8.02. The molecule has 3 rings (SSSR count). The Morgan fingerprint density at radius 2 is 1.79 bits per heavy atom. The highest BCUT2D eigenvalue weighted by Crippen LogP contribution is 2.37. The van der Waals surface area contributed by atoms with Gasteiger partial charge in [-0.1, -0.05) is 61.0 Å². The molecule has 3 aromatic rings. The van der Waals surface area contributed by atoms with E-state index in [4.69, 9.17) is 11.6 Å². The molecule has 0 radical (unpaired) electrons. The molecular weight excluding hydrogens is 326 g/mol. The van der Waals surface area contributed by atoms with E-state index in [1.54, 1.807) is 12.1 Å². The van der Waals surface area contributed by atoms with Crippen molar-refractivity contribution in [2.24, 2.45) is 0 Å². The van der Waals surface area contributed by atoms with Crippen LogP contribution in [0, 0.1) is 10.1 Å². The molecule has 0 saturated heterocycles. The molecule has 0 atom stereocenters. The van der Waals surface area contributed by atoms with Gasteiger partial charge in [-0.2, -0.15) is 0 Å². The van der Waals surface area contributed by atoms with Crippen molar-refractivity contribution in [2.75, 3.05) is 5.32 Å². The van der Waals surface area contributed by atoms with Crippen LogP contribution in [0.3, 0.4) is 0 Å². The van der Waals surface area contributed by atoms with Gasteiger partial charge in [0, 0.05) is 11.9 Å². The molecule has 6 heteroatoms. The third-order valence-corrected chi connectivity index (χ3v) is 4.17. The maximum Gasteiger partial charge on any atom is 0.329 e. The molecule has 0 aliphatic heterocycles. The summed E-state index contributed by atoms with van der Waals surface area (Å²) in [4.78, 5) is 15.0. The molecule has 1 heterocycles. The predicted octanol–water partition coefficient (Wildman–Crippen LogP) is 4.97. The number of anilines is 1. The van der Waals surface area contributed by atoms with E-state index in [1.165, 1.54) is 5.56 Å². The van der Waals surface area contributed by atoms with E-state index in [1.807, 2.05) is 24.3 Å². The molecule has 0 amide bonds. The molecule has 2 aromatic carbocycles. The second-order valence-electron chi connectivity index (χ2n) is 5.42. The molecule has 24 heavy (non-hydrogen) atoms. The van der Waals surface area contributed by atoms with Crippen molar-refractivity contribution < 1.29 is 4.92 Å². The standard InChI is InChI=1S/C18H16ClN3O2/c1-2-12-7-9-13(10-8-12)11-20-16-14-5-3-4-6-15(14)21-18(19)17(16)22(23)24/h3-10H,2,11H2,1H3,(H,20,21). The van der Waals surface area contributed by atoms with Crippen LogP contribution in [0.15, 0.2) is 48.5 Å². The maximum absolute atomic E-state index is 11.4. The van der Waals surface area contributed by atoms with Crippen LogP contribution in [0.2, 0.25) is 5.15 Å². The van der Waals surface area contributed by atoms with E-state index in [-0.39, 0.29) is 10.8 Å². The van der Waals surface area contributed by atoms with Crippen LogP contribution in [0.1, 0.15) is 18.1 Å². The minimum Gasteiger partial charge on any atom is -0.375 e. The van der Waals surface area contributed by atoms with Gasteiger partial charge in [0.05, 0.1) is 10.4 Å². The number of benzene rings is 2. The lowest BCUT2D eigenvalue weighted by atomic mass is 10.1. The normalized spacial score (nSPS) is 10.8. The molecule has 0 bridgehead atoms. The lowest BCUT2D eigenvalue weighted by molar-refractivity contribution is -0.384. The van der Waals surface area contributed by atoms with Crippen LogP contribution in [-0.2, 0) is 13.0 Å². The smallest absolute Gasteiger partial charge is 0.329 e. The Morgan fingerprint density at radius 1 is 1.12 bits per heavy atom. The summed E-state index contributed by atoms with van der Waals surface area (Å²) >= 11 is 6.03. The second kappa shape index (κ2) is 6.84. The third-order valence-electron chi connectivity index (χ3n) is 3.91. The highest BCUT2D eigenvalue weighted by atomic mass is 35.5. The molecule has 1 aromatic heterocycles. The van der Waals surface area contributed by atoms with Crippen LogP contribution >= 0.6 is 11.6 Å². The van der Waals surface area contributed by atoms with E-state index >= 15 is 0 Å². The van der Waals surface area contributed by atoms with Gasteiger partial charge >= 0.3 is 5.69 Å². The zero-order chi connectivity index (χ0) is 17.1. The van der Waals surface area contributed by atoms with Crippen molar-refractivity contribution in [3.63, 3.8) is 0 Å². The Hall–Kier alpha value is -2.66. The van der Waals surface area contributed by atoms with Gasteiger partial charge in [0.15, 0.2) is 0 Å². The first-order valence-electron chi connectivity index (χ1n) is 7.64. The number of nitrogens with zero attached hydrogens (tertiary/aromatic N) is 2. The van der Waals surface area contributed by atoms with Crippen molar-refractivity contribution in [1.29, 1.82) is 0 Å². The summed E-state index contributed by atoms with van der Waals surface area (Å²) in [5.41, 5.74) is 3.12. The minimum atomic E-state index is -0.496. The number of nitro groups is 1. The molecule has 0 spiro atoms. The fourth-order valence-electron chi connectivity index (χ4n) is 2.60. The lowest BCUT2D eigenvalue weighted by Crippen LogP contribution is -2.05. The lowest BCUT2D eigenvalue weighted by Gasteiger charge is -2.11. The number of pyridine rings is 1. The van der Waals surface area contributed by atoms with Gasteiger partial charge in [0.25, 0.3) is 0 Å². The molecule has 122 valence electrons. The van der Waals surface area contributed by atoms with Crippen molar-refractivity contribution in [3.8, 4) is 0 Å². The van der Waals surface area contributed by atoms with Gasteiger partial charge in [0.2, 0.25) is 5.15 Å². The zero-order valence-electron chi connectivity index (χ0n) is 13.1. The summed E-state index contributed by atoms with van der Waals surface area (Å²) < 4.78 is 0. The Kier molecular flexibility index (Phi) is 4.62. The topological polar surface area (TPSA) is 68.1 Å². The number of nitrogens with one attached hydrogen (secondary N) is 1. The van der Waals surface area contributed by atoms with E-state index < -0.39 is 4.92 Å². The van der Waals surface area contributed by atoms with Crippen molar-refractivity contribution in [2.45, 2.75) is 19.9 Å². The summed E-state index contributed by atoms with van der Waals surface area (Å²) in [6.07, 6.45) is 0.976. The molecule has 0 aliphatic carbocycles. The molecule has 1 N–H and O–H groups in total. The number of rotatable bonds is 5. The van der Waals surface area contributed by atoms with Gasteiger partial charge in [-0.05, 0) is 23.6 Å². The first kappa shape index (κ1) is 16.2. The predicted molar refractivity (Wildman–Crippen MR) is 96.6 cm³/mol. The number of fused-ring (bicyclic) bond motifs is 1. The van der Waals surface area contributed by atoms with Gasteiger partial charge in [-0.15, -0.1) is 0 Å².